The average molecular weight is 249 g/mol. The van der Waals surface area contributed by atoms with Gasteiger partial charge < -0.3 is 10.1 Å². The highest BCUT2D eigenvalue weighted by Crippen LogP contribution is 2.28. The van der Waals surface area contributed by atoms with Crippen LogP contribution in [0, 0.1) is 0 Å². The lowest BCUT2D eigenvalue weighted by Gasteiger charge is -2.06. The van der Waals surface area contributed by atoms with E-state index in [1.54, 1.807) is 11.3 Å². The largest absolute Gasteiger partial charge is 0.473 e. The van der Waals surface area contributed by atoms with Gasteiger partial charge in [0.2, 0.25) is 11.8 Å². The molecular weight excluding hydrogens is 234 g/mol. The van der Waals surface area contributed by atoms with Gasteiger partial charge in [-0.25, -0.2) is 4.98 Å². The zero-order valence-electron chi connectivity index (χ0n) is 9.93. The van der Waals surface area contributed by atoms with Crippen molar-refractivity contribution in [3.8, 4) is 5.88 Å². The van der Waals surface area contributed by atoms with Crippen LogP contribution < -0.4 is 10.1 Å². The van der Waals surface area contributed by atoms with Crippen LogP contribution in [0.2, 0.25) is 0 Å². The zero-order valence-corrected chi connectivity index (χ0v) is 10.8. The molecule has 0 aromatic carbocycles. The number of hydrogen-bond acceptors (Lipinski definition) is 5. The van der Waals surface area contributed by atoms with Crippen LogP contribution >= 0.6 is 11.3 Å². The molecule has 0 spiro atoms. The molecule has 0 radical (unpaired) electrons. The van der Waals surface area contributed by atoms with Crippen molar-refractivity contribution in [3.63, 3.8) is 0 Å². The Labute approximate surface area is 104 Å². The summed E-state index contributed by atoms with van der Waals surface area (Å²) in [6, 6.07) is 1.99. The molecule has 2 rings (SSSR count). The van der Waals surface area contributed by atoms with Gasteiger partial charge in [-0.3, -0.25) is 0 Å². The standard InChI is InChI=1S/C12H15N3OS/c1-3-5-7-16-10-9-6-8-17-11(9)15-12(14-10)13-4-2/h3,5-6,8H,4,7H2,1-2H3,(H,13,14,15)/b5-3+. The summed E-state index contributed by atoms with van der Waals surface area (Å²) in [5, 5.41) is 6.08. The number of allylic oxidation sites excluding steroid dienone is 1. The summed E-state index contributed by atoms with van der Waals surface area (Å²) in [6.45, 7) is 5.31. The molecule has 2 aromatic rings. The van der Waals surface area contributed by atoms with E-state index < -0.39 is 0 Å². The van der Waals surface area contributed by atoms with Crippen molar-refractivity contribution >= 4 is 27.5 Å². The third-order valence-corrected chi connectivity index (χ3v) is 2.98. The first-order chi connectivity index (χ1) is 8.35. The molecule has 0 fully saturated rings. The summed E-state index contributed by atoms with van der Waals surface area (Å²) in [7, 11) is 0. The van der Waals surface area contributed by atoms with Crippen LogP contribution in [-0.4, -0.2) is 23.1 Å². The number of rotatable bonds is 5. The lowest BCUT2D eigenvalue weighted by molar-refractivity contribution is 0.353. The van der Waals surface area contributed by atoms with Gasteiger partial charge in [0.1, 0.15) is 11.4 Å². The zero-order chi connectivity index (χ0) is 12.1. The van der Waals surface area contributed by atoms with Gasteiger partial charge in [0.05, 0.1) is 5.39 Å². The van der Waals surface area contributed by atoms with Gasteiger partial charge in [-0.15, -0.1) is 11.3 Å². The maximum atomic E-state index is 5.63. The number of hydrogen-bond donors (Lipinski definition) is 1. The Morgan fingerprint density at radius 2 is 2.35 bits per heavy atom. The average Bonchev–Trinajstić information content (AvgIpc) is 2.78. The second-order valence-corrected chi connectivity index (χ2v) is 4.30. The van der Waals surface area contributed by atoms with Crippen LogP contribution in [-0.2, 0) is 0 Å². The van der Waals surface area contributed by atoms with Gasteiger partial charge in [0, 0.05) is 6.54 Å². The second kappa shape index (κ2) is 5.63. The third kappa shape index (κ3) is 2.74. The maximum absolute atomic E-state index is 5.63. The third-order valence-electron chi connectivity index (χ3n) is 2.18. The SMILES string of the molecule is C/C=C/COc1nc(NCC)nc2sccc12. The molecule has 0 aliphatic rings. The molecule has 0 saturated carbocycles. The number of thiophene rings is 1. The van der Waals surface area contributed by atoms with Crippen molar-refractivity contribution in [3.05, 3.63) is 23.6 Å². The Kier molecular flexibility index (Phi) is 3.93. The van der Waals surface area contributed by atoms with E-state index in [2.05, 4.69) is 15.3 Å². The minimum absolute atomic E-state index is 0.532. The molecule has 0 aliphatic carbocycles. The molecule has 2 aromatic heterocycles. The Balaban J connectivity index is 2.32. The minimum Gasteiger partial charge on any atom is -0.473 e. The van der Waals surface area contributed by atoms with Crippen LogP contribution in [0.15, 0.2) is 23.6 Å². The normalized spacial score (nSPS) is 11.2. The van der Waals surface area contributed by atoms with E-state index in [1.165, 1.54) is 0 Å². The van der Waals surface area contributed by atoms with Crippen molar-refractivity contribution in [1.82, 2.24) is 9.97 Å². The van der Waals surface area contributed by atoms with E-state index in [0.29, 0.717) is 18.4 Å². The summed E-state index contributed by atoms with van der Waals surface area (Å²) >= 11 is 1.59. The molecule has 1 N–H and O–H groups in total. The first-order valence-corrected chi connectivity index (χ1v) is 6.46. The van der Waals surface area contributed by atoms with Crippen molar-refractivity contribution in [2.75, 3.05) is 18.5 Å². The molecular formula is C12H15N3OS. The van der Waals surface area contributed by atoms with E-state index in [-0.39, 0.29) is 0 Å². The lowest BCUT2D eigenvalue weighted by Crippen LogP contribution is -2.04. The highest BCUT2D eigenvalue weighted by molar-refractivity contribution is 7.16. The molecule has 2 heterocycles. The van der Waals surface area contributed by atoms with Gasteiger partial charge in [-0.2, -0.15) is 4.98 Å². The van der Waals surface area contributed by atoms with Crippen LogP contribution in [0.5, 0.6) is 5.88 Å². The lowest BCUT2D eigenvalue weighted by atomic mass is 10.4. The van der Waals surface area contributed by atoms with Crippen molar-refractivity contribution in [2.24, 2.45) is 0 Å². The predicted molar refractivity (Wildman–Crippen MR) is 71.9 cm³/mol. The number of fused-ring (bicyclic) bond motifs is 1. The van der Waals surface area contributed by atoms with E-state index in [1.807, 2.05) is 37.4 Å². The number of ether oxygens (including phenoxy) is 1. The summed E-state index contributed by atoms with van der Waals surface area (Å²) in [5.74, 6) is 1.27. The minimum atomic E-state index is 0.532. The first-order valence-electron chi connectivity index (χ1n) is 5.58. The summed E-state index contributed by atoms with van der Waals surface area (Å²) in [4.78, 5) is 9.73. The van der Waals surface area contributed by atoms with E-state index in [9.17, 15) is 0 Å². The Hall–Kier alpha value is -1.62. The van der Waals surface area contributed by atoms with Gasteiger partial charge >= 0.3 is 0 Å². The number of nitrogens with zero attached hydrogens (tertiary/aromatic N) is 2. The van der Waals surface area contributed by atoms with Crippen LogP contribution in [0.25, 0.3) is 10.2 Å². The Morgan fingerprint density at radius 3 is 3.12 bits per heavy atom. The molecule has 90 valence electrons. The fourth-order valence-electron chi connectivity index (χ4n) is 1.40. The molecule has 5 heteroatoms. The summed E-state index contributed by atoms with van der Waals surface area (Å²) in [5.41, 5.74) is 0. The Morgan fingerprint density at radius 1 is 1.47 bits per heavy atom. The molecule has 17 heavy (non-hydrogen) atoms. The van der Waals surface area contributed by atoms with E-state index >= 15 is 0 Å². The van der Waals surface area contributed by atoms with Gasteiger partial charge in [0.15, 0.2) is 0 Å². The first kappa shape index (κ1) is 11.9. The molecule has 0 atom stereocenters. The van der Waals surface area contributed by atoms with Crippen molar-refractivity contribution in [2.45, 2.75) is 13.8 Å². The van der Waals surface area contributed by atoms with Crippen LogP contribution in [0.4, 0.5) is 5.95 Å². The molecule has 0 bridgehead atoms. The highest BCUT2D eigenvalue weighted by Gasteiger charge is 2.08. The molecule has 0 amide bonds. The number of nitrogens with one attached hydrogen (secondary N) is 1. The van der Waals surface area contributed by atoms with Crippen LogP contribution in [0.1, 0.15) is 13.8 Å². The maximum Gasteiger partial charge on any atom is 0.227 e. The topological polar surface area (TPSA) is 47.0 Å². The number of anilines is 1. The van der Waals surface area contributed by atoms with E-state index in [0.717, 1.165) is 16.8 Å². The molecule has 4 nitrogen and oxygen atoms in total. The predicted octanol–water partition coefficient (Wildman–Crippen LogP) is 3.08. The van der Waals surface area contributed by atoms with Gasteiger partial charge in [0.25, 0.3) is 0 Å². The summed E-state index contributed by atoms with van der Waals surface area (Å²) in [6.07, 6.45) is 3.91. The second-order valence-electron chi connectivity index (χ2n) is 3.40. The monoisotopic (exact) mass is 249 g/mol. The van der Waals surface area contributed by atoms with Gasteiger partial charge in [-0.1, -0.05) is 12.2 Å². The van der Waals surface area contributed by atoms with Crippen molar-refractivity contribution in [1.29, 1.82) is 0 Å². The van der Waals surface area contributed by atoms with E-state index in [4.69, 9.17) is 4.74 Å². The fraction of sp³-hybridized carbons (Fsp3) is 0.333. The van der Waals surface area contributed by atoms with Crippen molar-refractivity contribution < 1.29 is 4.74 Å². The fourth-order valence-corrected chi connectivity index (χ4v) is 2.15. The Bertz CT molecular complexity index is 521. The molecule has 0 saturated heterocycles. The van der Waals surface area contributed by atoms with Crippen LogP contribution in [0.3, 0.4) is 0 Å². The summed E-state index contributed by atoms with van der Waals surface area (Å²) < 4.78 is 5.63. The molecule has 0 aliphatic heterocycles. The quantitative estimate of drug-likeness (QED) is 0.827. The number of aromatic nitrogens is 2. The highest BCUT2D eigenvalue weighted by atomic mass is 32.1. The molecule has 0 unspecified atom stereocenters. The smallest absolute Gasteiger partial charge is 0.227 e. The van der Waals surface area contributed by atoms with Gasteiger partial charge in [-0.05, 0) is 25.3 Å².